The van der Waals surface area contributed by atoms with Crippen molar-refractivity contribution < 1.29 is 41.0 Å². The van der Waals surface area contributed by atoms with Gasteiger partial charge in [0.15, 0.2) is 0 Å². The molecule has 0 atom stereocenters. The lowest BCUT2D eigenvalue weighted by Crippen LogP contribution is -2.33. The van der Waals surface area contributed by atoms with Crippen molar-refractivity contribution in [1.29, 1.82) is 0 Å². The van der Waals surface area contributed by atoms with E-state index in [9.17, 15) is 35.9 Å². The summed E-state index contributed by atoms with van der Waals surface area (Å²) in [7, 11) is 0. The molecule has 1 saturated heterocycles. The minimum atomic E-state index is -4.97. The molecule has 0 unspecified atom stereocenters. The van der Waals surface area contributed by atoms with Gasteiger partial charge in [-0.05, 0) is 46.8 Å². The van der Waals surface area contributed by atoms with Crippen LogP contribution >= 0.6 is 35.3 Å². The Balaban J connectivity index is 1.96. The molecule has 164 valence electrons. The molecular weight excluding hydrogens is 488 g/mol. The number of benzene rings is 1. The lowest BCUT2D eigenvalue weighted by atomic mass is 10.0. The zero-order valence-electron chi connectivity index (χ0n) is 14.9. The summed E-state index contributed by atoms with van der Waals surface area (Å²) in [5, 5.41) is 10.2. The molecule has 0 aliphatic carbocycles. The van der Waals surface area contributed by atoms with Gasteiger partial charge in [0.25, 0.3) is 5.91 Å². The number of carboxylic acid groups (broad SMARTS) is 1. The molecule has 31 heavy (non-hydrogen) atoms. The standard InChI is InChI=1S/C18H9F6NO3S3/c19-17(20,21)10-1-8(2-11(4-10)18(22,23)24)9-3-12(30-7-9)5-13-15(28)25(6-14(26)27)16(29)31-13/h1-5,7H,6H2,(H,26,27). The highest BCUT2D eigenvalue weighted by molar-refractivity contribution is 8.26. The predicted octanol–water partition coefficient (Wildman–Crippen LogP) is 5.74. The lowest BCUT2D eigenvalue weighted by Gasteiger charge is -2.13. The van der Waals surface area contributed by atoms with Crippen LogP contribution in [0.5, 0.6) is 0 Å². The van der Waals surface area contributed by atoms with Crippen LogP contribution in [0.1, 0.15) is 16.0 Å². The van der Waals surface area contributed by atoms with Gasteiger partial charge in [0.1, 0.15) is 10.9 Å². The van der Waals surface area contributed by atoms with Crippen LogP contribution < -0.4 is 0 Å². The molecule has 1 aromatic carbocycles. The third kappa shape index (κ3) is 5.28. The topological polar surface area (TPSA) is 57.6 Å². The highest BCUT2D eigenvalue weighted by Gasteiger charge is 2.37. The molecule has 0 radical (unpaired) electrons. The van der Waals surface area contributed by atoms with Gasteiger partial charge in [-0.1, -0.05) is 24.0 Å². The van der Waals surface area contributed by atoms with Gasteiger partial charge in [0, 0.05) is 4.88 Å². The van der Waals surface area contributed by atoms with Crippen LogP contribution in [0, 0.1) is 0 Å². The van der Waals surface area contributed by atoms with Crippen molar-refractivity contribution in [2.75, 3.05) is 6.54 Å². The number of thiophene rings is 1. The molecule has 0 spiro atoms. The fourth-order valence-electron chi connectivity index (χ4n) is 2.60. The number of nitrogens with zero attached hydrogens (tertiary/aromatic N) is 1. The van der Waals surface area contributed by atoms with E-state index < -0.39 is 41.9 Å². The lowest BCUT2D eigenvalue weighted by molar-refractivity contribution is -0.143. The molecule has 0 bridgehead atoms. The van der Waals surface area contributed by atoms with Gasteiger partial charge in [0.2, 0.25) is 0 Å². The highest BCUT2D eigenvalue weighted by atomic mass is 32.2. The number of hydrogen-bond acceptors (Lipinski definition) is 5. The normalized spacial score (nSPS) is 16.5. The summed E-state index contributed by atoms with van der Waals surface area (Å²) in [4.78, 5) is 24.5. The summed E-state index contributed by atoms with van der Waals surface area (Å²) in [5.74, 6) is -1.91. The van der Waals surface area contributed by atoms with Crippen molar-refractivity contribution in [2.24, 2.45) is 0 Å². The van der Waals surface area contributed by atoms with E-state index >= 15 is 0 Å². The minimum absolute atomic E-state index is 0.0307. The first-order valence-corrected chi connectivity index (χ1v) is 10.2. The maximum absolute atomic E-state index is 13.1. The molecule has 1 N–H and O–H groups in total. The Hall–Kier alpha value is -2.38. The van der Waals surface area contributed by atoms with E-state index in [1.807, 2.05) is 0 Å². The van der Waals surface area contributed by atoms with Gasteiger partial charge in [-0.3, -0.25) is 14.5 Å². The second-order valence-corrected chi connectivity index (χ2v) is 8.81. The SMILES string of the molecule is O=C(O)CN1C(=O)C(=Cc2cc(-c3cc(C(F)(F)F)cc(C(F)(F)F)c3)cs2)SC1=S. The van der Waals surface area contributed by atoms with Gasteiger partial charge in [-0.15, -0.1) is 11.3 Å². The molecule has 1 aliphatic rings. The zero-order chi connectivity index (χ0) is 23.1. The second-order valence-electron chi connectivity index (χ2n) is 6.19. The van der Waals surface area contributed by atoms with Crippen molar-refractivity contribution in [1.82, 2.24) is 4.90 Å². The average molecular weight is 497 g/mol. The minimum Gasteiger partial charge on any atom is -0.480 e. The molecule has 4 nitrogen and oxygen atoms in total. The van der Waals surface area contributed by atoms with Crippen LogP contribution in [0.15, 0.2) is 34.6 Å². The summed E-state index contributed by atoms with van der Waals surface area (Å²) in [6, 6.07) is 2.62. The number of thiocarbonyl (C=S) groups is 1. The Bertz CT molecular complexity index is 1070. The number of alkyl halides is 6. The number of aliphatic carboxylic acids is 1. The van der Waals surface area contributed by atoms with Gasteiger partial charge in [-0.25, -0.2) is 0 Å². The van der Waals surface area contributed by atoms with Crippen LogP contribution in [-0.2, 0) is 21.9 Å². The number of amides is 1. The van der Waals surface area contributed by atoms with E-state index in [1.54, 1.807) is 0 Å². The van der Waals surface area contributed by atoms with Crippen LogP contribution in [0.3, 0.4) is 0 Å². The monoisotopic (exact) mass is 497 g/mol. The van der Waals surface area contributed by atoms with E-state index in [0.717, 1.165) is 28.0 Å². The van der Waals surface area contributed by atoms with Crippen molar-refractivity contribution in [3.63, 3.8) is 0 Å². The predicted molar refractivity (Wildman–Crippen MR) is 107 cm³/mol. The first-order chi connectivity index (χ1) is 14.3. The summed E-state index contributed by atoms with van der Waals surface area (Å²) in [5.41, 5.74) is -3.04. The van der Waals surface area contributed by atoms with Crippen LogP contribution in [-0.4, -0.2) is 32.7 Å². The van der Waals surface area contributed by atoms with E-state index in [2.05, 4.69) is 0 Å². The van der Waals surface area contributed by atoms with Gasteiger partial charge in [0.05, 0.1) is 16.0 Å². The quantitative estimate of drug-likeness (QED) is 0.332. The van der Waals surface area contributed by atoms with Crippen molar-refractivity contribution in [3.8, 4) is 11.1 Å². The maximum atomic E-state index is 13.1. The van der Waals surface area contributed by atoms with Crippen LogP contribution in [0.25, 0.3) is 17.2 Å². The molecule has 1 aliphatic heterocycles. The molecule has 1 fully saturated rings. The summed E-state index contributed by atoms with van der Waals surface area (Å²) in [6.07, 6.45) is -8.58. The van der Waals surface area contributed by atoms with Crippen LogP contribution in [0.4, 0.5) is 26.3 Å². The fraction of sp³-hybridized carbons (Fsp3) is 0.167. The van der Waals surface area contributed by atoms with Crippen molar-refractivity contribution in [3.05, 3.63) is 50.6 Å². The summed E-state index contributed by atoms with van der Waals surface area (Å²) < 4.78 is 78.4. The average Bonchev–Trinajstić information content (AvgIpc) is 3.20. The molecule has 0 saturated carbocycles. The molecule has 2 aromatic rings. The Morgan fingerprint density at radius 1 is 1.03 bits per heavy atom. The smallest absolute Gasteiger partial charge is 0.416 e. The second kappa shape index (κ2) is 8.28. The zero-order valence-corrected chi connectivity index (χ0v) is 17.3. The molecule has 3 rings (SSSR count). The summed E-state index contributed by atoms with van der Waals surface area (Å²) in [6.45, 7) is -0.623. The first kappa shape index (κ1) is 23.3. The molecule has 1 aromatic heterocycles. The summed E-state index contributed by atoms with van der Waals surface area (Å²) >= 11 is 6.81. The molecule has 1 amide bonds. The maximum Gasteiger partial charge on any atom is 0.416 e. The van der Waals surface area contributed by atoms with Gasteiger partial charge in [-0.2, -0.15) is 26.3 Å². The molecule has 13 heteroatoms. The third-order valence-electron chi connectivity index (χ3n) is 3.98. The fourth-order valence-corrected chi connectivity index (χ4v) is 4.77. The number of carbonyl (C=O) groups is 2. The largest absolute Gasteiger partial charge is 0.480 e. The van der Waals surface area contributed by atoms with E-state index in [-0.39, 0.29) is 26.4 Å². The number of thioether (sulfide) groups is 1. The number of hydrogen-bond donors (Lipinski definition) is 1. The highest BCUT2D eigenvalue weighted by Crippen LogP contribution is 2.40. The van der Waals surface area contributed by atoms with Gasteiger partial charge < -0.3 is 5.11 Å². The van der Waals surface area contributed by atoms with Crippen LogP contribution in [0.2, 0.25) is 0 Å². The van der Waals surface area contributed by atoms with E-state index in [4.69, 9.17) is 17.3 Å². The number of carboxylic acids is 1. The first-order valence-electron chi connectivity index (χ1n) is 8.11. The molecular formula is C18H9F6NO3S3. The van der Waals surface area contributed by atoms with Gasteiger partial charge >= 0.3 is 18.3 Å². The molecule has 2 heterocycles. The van der Waals surface area contributed by atoms with Crippen molar-refractivity contribution >= 4 is 57.6 Å². The Kier molecular flexibility index (Phi) is 6.22. The Morgan fingerprint density at radius 2 is 1.61 bits per heavy atom. The van der Waals surface area contributed by atoms with E-state index in [1.165, 1.54) is 17.5 Å². The number of rotatable bonds is 4. The van der Waals surface area contributed by atoms with E-state index in [0.29, 0.717) is 17.0 Å². The third-order valence-corrected chi connectivity index (χ3v) is 6.24. The Morgan fingerprint density at radius 3 is 2.13 bits per heavy atom. The Labute approximate surface area is 184 Å². The number of carbonyl (C=O) groups excluding carboxylic acids is 1. The number of halogens is 6. The van der Waals surface area contributed by atoms with Crippen molar-refractivity contribution in [2.45, 2.75) is 12.4 Å².